The van der Waals surface area contributed by atoms with Gasteiger partial charge in [0.15, 0.2) is 0 Å². The summed E-state index contributed by atoms with van der Waals surface area (Å²) in [5.41, 5.74) is 2.52. The largest absolute Gasteiger partial charge is 0.355 e. The maximum Gasteiger partial charge on any atom is 0.241 e. The van der Waals surface area contributed by atoms with Crippen molar-refractivity contribution in [3.8, 4) is 0 Å². The van der Waals surface area contributed by atoms with Gasteiger partial charge in [-0.25, -0.2) is 13.1 Å². The fraction of sp³-hybridized carbons (Fsp3) is 0.533. The van der Waals surface area contributed by atoms with Crippen LogP contribution in [0.25, 0.3) is 0 Å². The Balaban J connectivity index is 1.96. The molecule has 2 rings (SSSR count). The molecule has 0 radical (unpaired) electrons. The van der Waals surface area contributed by atoms with E-state index < -0.39 is 10.0 Å². The van der Waals surface area contributed by atoms with Gasteiger partial charge in [-0.1, -0.05) is 17.7 Å². The molecule has 1 aliphatic rings. The second-order valence-electron chi connectivity index (χ2n) is 5.69. The molecule has 0 bridgehead atoms. The van der Waals surface area contributed by atoms with Crippen LogP contribution < -0.4 is 10.0 Å². The second-order valence-corrected chi connectivity index (χ2v) is 7.39. The Morgan fingerprint density at radius 2 is 1.71 bits per heavy atom. The van der Waals surface area contributed by atoms with Crippen LogP contribution in [-0.4, -0.2) is 27.4 Å². The van der Waals surface area contributed by atoms with Crippen molar-refractivity contribution in [2.75, 3.05) is 13.1 Å². The first-order chi connectivity index (χ1) is 9.81. The number of nitrogens with one attached hydrogen (secondary N) is 2. The molecule has 1 saturated carbocycles. The Labute approximate surface area is 126 Å². The first-order valence-electron chi connectivity index (χ1n) is 7.16. The molecule has 116 valence electrons. The smallest absolute Gasteiger partial charge is 0.241 e. The fourth-order valence-electron chi connectivity index (χ4n) is 2.52. The Hall–Kier alpha value is -1.40. The van der Waals surface area contributed by atoms with Crippen molar-refractivity contribution in [2.45, 2.75) is 38.5 Å². The molecule has 0 saturated heterocycles. The number of benzene rings is 1. The molecule has 1 amide bonds. The van der Waals surface area contributed by atoms with Crippen molar-refractivity contribution in [3.05, 3.63) is 28.8 Å². The highest BCUT2D eigenvalue weighted by molar-refractivity contribution is 7.89. The van der Waals surface area contributed by atoms with E-state index in [0.717, 1.165) is 29.5 Å². The molecule has 6 heteroatoms. The number of amides is 1. The SMILES string of the molecule is Cc1cc(C)c(S(=O)(=O)NCCNC(=O)C2CC2)c(C)c1. The average molecular weight is 310 g/mol. The Bertz CT molecular complexity index is 626. The van der Waals surface area contributed by atoms with Crippen molar-refractivity contribution in [3.63, 3.8) is 0 Å². The number of hydrogen-bond acceptors (Lipinski definition) is 3. The fourth-order valence-corrected chi connectivity index (χ4v) is 4.00. The third kappa shape index (κ3) is 4.04. The van der Waals surface area contributed by atoms with Crippen molar-refractivity contribution in [1.82, 2.24) is 10.0 Å². The molecule has 2 N–H and O–H groups in total. The van der Waals surface area contributed by atoms with Gasteiger partial charge in [-0.15, -0.1) is 0 Å². The van der Waals surface area contributed by atoms with E-state index in [2.05, 4.69) is 10.0 Å². The molecule has 0 aliphatic heterocycles. The molecule has 0 atom stereocenters. The number of aryl methyl sites for hydroxylation is 3. The second kappa shape index (κ2) is 6.15. The van der Waals surface area contributed by atoms with Crippen molar-refractivity contribution in [2.24, 2.45) is 5.92 Å². The highest BCUT2D eigenvalue weighted by Gasteiger charge is 2.29. The lowest BCUT2D eigenvalue weighted by molar-refractivity contribution is -0.122. The summed E-state index contributed by atoms with van der Waals surface area (Å²) in [4.78, 5) is 11.8. The normalized spacial score (nSPS) is 15.0. The number of sulfonamides is 1. The third-order valence-electron chi connectivity index (χ3n) is 3.54. The summed E-state index contributed by atoms with van der Waals surface area (Å²) in [6, 6.07) is 3.72. The van der Waals surface area contributed by atoms with Crippen LogP contribution in [0.5, 0.6) is 0 Å². The van der Waals surface area contributed by atoms with E-state index in [-0.39, 0.29) is 18.4 Å². The molecule has 0 aromatic heterocycles. The van der Waals surface area contributed by atoms with Gasteiger partial charge in [0.1, 0.15) is 0 Å². The monoisotopic (exact) mass is 310 g/mol. The van der Waals surface area contributed by atoms with Crippen LogP contribution in [0.4, 0.5) is 0 Å². The number of carbonyl (C=O) groups is 1. The van der Waals surface area contributed by atoms with Crippen LogP contribution in [0.3, 0.4) is 0 Å². The van der Waals surface area contributed by atoms with Crippen LogP contribution in [0.1, 0.15) is 29.5 Å². The Morgan fingerprint density at radius 1 is 1.14 bits per heavy atom. The summed E-state index contributed by atoms with van der Waals surface area (Å²) in [6.45, 7) is 6.05. The van der Waals surface area contributed by atoms with Gasteiger partial charge in [-0.3, -0.25) is 4.79 Å². The van der Waals surface area contributed by atoms with Crippen LogP contribution in [-0.2, 0) is 14.8 Å². The van der Waals surface area contributed by atoms with E-state index in [4.69, 9.17) is 0 Å². The van der Waals surface area contributed by atoms with E-state index >= 15 is 0 Å². The average Bonchev–Trinajstić information content (AvgIpc) is 3.16. The lowest BCUT2D eigenvalue weighted by atomic mass is 10.1. The predicted molar refractivity (Wildman–Crippen MR) is 81.6 cm³/mol. The predicted octanol–water partition coefficient (Wildman–Crippen LogP) is 1.42. The summed E-state index contributed by atoms with van der Waals surface area (Å²) in [5, 5.41) is 2.74. The highest BCUT2D eigenvalue weighted by atomic mass is 32.2. The maximum atomic E-state index is 12.4. The van der Waals surface area contributed by atoms with Gasteiger partial charge in [0.2, 0.25) is 15.9 Å². The van der Waals surface area contributed by atoms with Gasteiger partial charge < -0.3 is 5.32 Å². The summed E-state index contributed by atoms with van der Waals surface area (Å²) in [6.07, 6.45) is 1.89. The molecule has 0 unspecified atom stereocenters. The minimum atomic E-state index is -3.54. The van der Waals surface area contributed by atoms with Gasteiger partial charge in [-0.05, 0) is 44.7 Å². The zero-order valence-electron chi connectivity index (χ0n) is 12.7. The topological polar surface area (TPSA) is 75.3 Å². The van der Waals surface area contributed by atoms with Crippen molar-refractivity contribution < 1.29 is 13.2 Å². The molecule has 1 aromatic carbocycles. The van der Waals surface area contributed by atoms with Crippen LogP contribution in [0.2, 0.25) is 0 Å². The van der Waals surface area contributed by atoms with E-state index in [9.17, 15) is 13.2 Å². The van der Waals surface area contributed by atoms with Gasteiger partial charge in [-0.2, -0.15) is 0 Å². The summed E-state index contributed by atoms with van der Waals surface area (Å²) in [5.74, 6) is 0.167. The quantitative estimate of drug-likeness (QED) is 0.780. The lowest BCUT2D eigenvalue weighted by Crippen LogP contribution is -2.35. The van der Waals surface area contributed by atoms with Crippen LogP contribution >= 0.6 is 0 Å². The molecule has 5 nitrogen and oxygen atoms in total. The molecule has 21 heavy (non-hydrogen) atoms. The van der Waals surface area contributed by atoms with Gasteiger partial charge in [0.25, 0.3) is 0 Å². The zero-order valence-corrected chi connectivity index (χ0v) is 13.5. The van der Waals surface area contributed by atoms with E-state index in [1.54, 1.807) is 13.8 Å². The summed E-state index contributed by atoms with van der Waals surface area (Å²) >= 11 is 0. The number of hydrogen-bond donors (Lipinski definition) is 2. The molecule has 0 heterocycles. The molecular formula is C15H22N2O3S. The van der Waals surface area contributed by atoms with E-state index in [1.165, 1.54) is 0 Å². The molecular weight excluding hydrogens is 288 g/mol. The standard InChI is InChI=1S/C15H22N2O3S/c1-10-8-11(2)14(12(3)9-10)21(19,20)17-7-6-16-15(18)13-4-5-13/h8-9,13,17H,4-7H2,1-3H3,(H,16,18). The molecule has 1 fully saturated rings. The maximum absolute atomic E-state index is 12.4. The number of carbonyl (C=O) groups excluding carboxylic acids is 1. The van der Waals surface area contributed by atoms with Gasteiger partial charge in [0.05, 0.1) is 4.90 Å². The van der Waals surface area contributed by atoms with Crippen LogP contribution in [0, 0.1) is 26.7 Å². The van der Waals surface area contributed by atoms with Crippen molar-refractivity contribution >= 4 is 15.9 Å². The molecule has 0 spiro atoms. The molecule has 1 aromatic rings. The van der Waals surface area contributed by atoms with Gasteiger partial charge >= 0.3 is 0 Å². The molecule has 1 aliphatic carbocycles. The highest BCUT2D eigenvalue weighted by Crippen LogP contribution is 2.28. The first kappa shape index (κ1) is 16.0. The minimum absolute atomic E-state index is 0.0249. The van der Waals surface area contributed by atoms with E-state index in [1.807, 2.05) is 19.1 Å². The summed E-state index contributed by atoms with van der Waals surface area (Å²) in [7, 11) is -3.54. The van der Waals surface area contributed by atoms with E-state index in [0.29, 0.717) is 11.4 Å². The van der Waals surface area contributed by atoms with Crippen LogP contribution in [0.15, 0.2) is 17.0 Å². The Morgan fingerprint density at radius 3 is 2.24 bits per heavy atom. The summed E-state index contributed by atoms with van der Waals surface area (Å²) < 4.78 is 27.3. The van der Waals surface area contributed by atoms with Crippen molar-refractivity contribution in [1.29, 1.82) is 0 Å². The first-order valence-corrected chi connectivity index (χ1v) is 8.65. The minimum Gasteiger partial charge on any atom is -0.355 e. The number of rotatable bonds is 6. The third-order valence-corrected chi connectivity index (χ3v) is 5.30. The Kier molecular flexibility index (Phi) is 4.68. The van der Waals surface area contributed by atoms with Gasteiger partial charge in [0, 0.05) is 19.0 Å². The zero-order chi connectivity index (χ0) is 15.6. The lowest BCUT2D eigenvalue weighted by Gasteiger charge is -2.13.